The SMILES string of the molecule is CNCc1cc(F)c(N2CCCC2CCCO)c(F)c1. The summed E-state index contributed by atoms with van der Waals surface area (Å²) in [5.74, 6) is -0.989. The molecule has 1 aromatic carbocycles. The Morgan fingerprint density at radius 3 is 2.65 bits per heavy atom. The molecule has 0 aliphatic carbocycles. The lowest BCUT2D eigenvalue weighted by atomic mass is 10.1. The van der Waals surface area contributed by atoms with E-state index in [9.17, 15) is 8.78 Å². The van der Waals surface area contributed by atoms with E-state index in [2.05, 4.69) is 5.32 Å². The monoisotopic (exact) mass is 284 g/mol. The van der Waals surface area contributed by atoms with Gasteiger partial charge in [0.15, 0.2) is 0 Å². The van der Waals surface area contributed by atoms with Crippen LogP contribution in [-0.4, -0.2) is 31.3 Å². The molecule has 2 N–H and O–H groups in total. The fraction of sp³-hybridized carbons (Fsp3) is 0.600. The van der Waals surface area contributed by atoms with Crippen LogP contribution in [-0.2, 0) is 6.54 Å². The maximum atomic E-state index is 14.2. The molecule has 0 spiro atoms. The van der Waals surface area contributed by atoms with Gasteiger partial charge in [0.1, 0.15) is 17.3 Å². The molecular formula is C15H22F2N2O. The van der Waals surface area contributed by atoms with Crippen molar-refractivity contribution in [2.24, 2.45) is 0 Å². The molecular weight excluding hydrogens is 262 g/mol. The number of anilines is 1. The van der Waals surface area contributed by atoms with E-state index in [4.69, 9.17) is 5.11 Å². The zero-order chi connectivity index (χ0) is 14.5. The van der Waals surface area contributed by atoms with Crippen molar-refractivity contribution in [1.82, 2.24) is 5.32 Å². The smallest absolute Gasteiger partial charge is 0.149 e. The third kappa shape index (κ3) is 3.27. The van der Waals surface area contributed by atoms with Gasteiger partial charge in [0.25, 0.3) is 0 Å². The molecule has 0 bridgehead atoms. The largest absolute Gasteiger partial charge is 0.396 e. The van der Waals surface area contributed by atoms with Gasteiger partial charge >= 0.3 is 0 Å². The van der Waals surface area contributed by atoms with E-state index in [-0.39, 0.29) is 18.3 Å². The van der Waals surface area contributed by atoms with Gasteiger partial charge < -0.3 is 15.3 Å². The van der Waals surface area contributed by atoms with Crippen LogP contribution in [0.25, 0.3) is 0 Å². The lowest BCUT2D eigenvalue weighted by Crippen LogP contribution is -2.31. The summed E-state index contributed by atoms with van der Waals surface area (Å²) in [4.78, 5) is 1.82. The van der Waals surface area contributed by atoms with Crippen molar-refractivity contribution in [3.8, 4) is 0 Å². The normalized spacial score (nSPS) is 18.8. The number of halogens is 2. The Hall–Kier alpha value is -1.20. The molecule has 1 saturated heterocycles. The number of aliphatic hydroxyl groups excluding tert-OH is 1. The first-order valence-corrected chi connectivity index (χ1v) is 7.17. The Balaban J connectivity index is 2.22. The van der Waals surface area contributed by atoms with Crippen LogP contribution in [0.4, 0.5) is 14.5 Å². The highest BCUT2D eigenvalue weighted by Crippen LogP contribution is 2.33. The van der Waals surface area contributed by atoms with Gasteiger partial charge in [-0.25, -0.2) is 8.78 Å². The van der Waals surface area contributed by atoms with Crippen LogP contribution in [0.2, 0.25) is 0 Å². The van der Waals surface area contributed by atoms with Gasteiger partial charge in [0, 0.05) is 25.7 Å². The van der Waals surface area contributed by atoms with E-state index < -0.39 is 11.6 Å². The first-order chi connectivity index (χ1) is 9.67. The van der Waals surface area contributed by atoms with Crippen LogP contribution in [0.5, 0.6) is 0 Å². The molecule has 1 atom stereocenters. The van der Waals surface area contributed by atoms with E-state index in [0.29, 0.717) is 25.1 Å². The molecule has 1 aliphatic heterocycles. The quantitative estimate of drug-likeness (QED) is 0.842. The molecule has 1 unspecified atom stereocenters. The van der Waals surface area contributed by atoms with Crippen LogP contribution in [0, 0.1) is 11.6 Å². The maximum Gasteiger partial charge on any atom is 0.149 e. The molecule has 112 valence electrons. The summed E-state index contributed by atoms with van der Waals surface area (Å²) in [6.07, 6.45) is 3.31. The van der Waals surface area contributed by atoms with Gasteiger partial charge in [-0.15, -0.1) is 0 Å². The standard InChI is InChI=1S/C15H22F2N2O/c1-18-10-11-8-13(16)15(14(17)9-11)19-6-2-4-12(19)5-3-7-20/h8-9,12,18,20H,2-7,10H2,1H3. The van der Waals surface area contributed by atoms with Gasteiger partial charge in [0.2, 0.25) is 0 Å². The first-order valence-electron chi connectivity index (χ1n) is 7.17. The minimum absolute atomic E-state index is 0.0882. The molecule has 1 aliphatic rings. The summed E-state index contributed by atoms with van der Waals surface area (Å²) in [7, 11) is 1.75. The van der Waals surface area contributed by atoms with Crippen molar-refractivity contribution in [2.45, 2.75) is 38.3 Å². The first kappa shape index (κ1) is 15.2. The van der Waals surface area contributed by atoms with Gasteiger partial charge in [-0.1, -0.05) is 0 Å². The molecule has 3 nitrogen and oxygen atoms in total. The van der Waals surface area contributed by atoms with Crippen molar-refractivity contribution in [2.75, 3.05) is 25.1 Å². The Labute approximate surface area is 118 Å². The van der Waals surface area contributed by atoms with Crippen molar-refractivity contribution in [1.29, 1.82) is 0 Å². The second-order valence-corrected chi connectivity index (χ2v) is 5.29. The lowest BCUT2D eigenvalue weighted by molar-refractivity contribution is 0.279. The second kappa shape index (κ2) is 6.99. The average Bonchev–Trinajstić information content (AvgIpc) is 2.84. The van der Waals surface area contributed by atoms with Gasteiger partial charge in [-0.05, 0) is 50.4 Å². The van der Waals surface area contributed by atoms with Gasteiger partial charge in [-0.2, -0.15) is 0 Å². The van der Waals surface area contributed by atoms with Crippen LogP contribution >= 0.6 is 0 Å². The molecule has 5 heteroatoms. The van der Waals surface area contributed by atoms with Gasteiger partial charge in [0.05, 0.1) is 0 Å². The molecule has 20 heavy (non-hydrogen) atoms. The summed E-state index contributed by atoms with van der Waals surface area (Å²) in [6, 6.07) is 2.92. The number of nitrogens with zero attached hydrogens (tertiary/aromatic N) is 1. The van der Waals surface area contributed by atoms with Crippen LogP contribution in [0.1, 0.15) is 31.2 Å². The number of aliphatic hydroxyl groups is 1. The van der Waals surface area contributed by atoms with E-state index in [1.807, 2.05) is 4.90 Å². The summed E-state index contributed by atoms with van der Waals surface area (Å²) in [6.45, 7) is 1.24. The lowest BCUT2D eigenvalue weighted by Gasteiger charge is -2.27. The van der Waals surface area contributed by atoms with Crippen molar-refractivity contribution in [3.05, 3.63) is 29.3 Å². The summed E-state index contributed by atoms with van der Waals surface area (Å²) >= 11 is 0. The maximum absolute atomic E-state index is 14.2. The molecule has 1 aromatic rings. The number of hydrogen-bond acceptors (Lipinski definition) is 3. The van der Waals surface area contributed by atoms with Crippen molar-refractivity contribution >= 4 is 5.69 Å². The topological polar surface area (TPSA) is 35.5 Å². The zero-order valence-electron chi connectivity index (χ0n) is 11.8. The summed E-state index contributed by atoms with van der Waals surface area (Å²) in [5.41, 5.74) is 0.697. The Morgan fingerprint density at radius 1 is 1.35 bits per heavy atom. The minimum Gasteiger partial charge on any atom is -0.396 e. The molecule has 0 saturated carbocycles. The van der Waals surface area contributed by atoms with Gasteiger partial charge in [-0.3, -0.25) is 0 Å². The van der Waals surface area contributed by atoms with Crippen molar-refractivity contribution in [3.63, 3.8) is 0 Å². The predicted molar refractivity (Wildman–Crippen MR) is 75.8 cm³/mol. The average molecular weight is 284 g/mol. The highest BCUT2D eigenvalue weighted by Gasteiger charge is 2.28. The number of hydrogen-bond donors (Lipinski definition) is 2. The molecule has 1 heterocycles. The fourth-order valence-electron chi connectivity index (χ4n) is 2.96. The van der Waals surface area contributed by atoms with Crippen molar-refractivity contribution < 1.29 is 13.9 Å². The zero-order valence-corrected chi connectivity index (χ0v) is 11.8. The third-order valence-electron chi connectivity index (χ3n) is 3.82. The van der Waals surface area contributed by atoms with Crippen LogP contribution in [0.15, 0.2) is 12.1 Å². The molecule has 0 amide bonds. The molecule has 0 radical (unpaired) electrons. The Kier molecular flexibility index (Phi) is 5.31. The molecule has 2 rings (SSSR count). The fourth-order valence-corrected chi connectivity index (χ4v) is 2.96. The van der Waals surface area contributed by atoms with E-state index in [0.717, 1.165) is 19.3 Å². The predicted octanol–water partition coefficient (Wildman–Crippen LogP) is 2.43. The molecule has 0 aromatic heterocycles. The summed E-state index contributed by atoms with van der Waals surface area (Å²) < 4.78 is 28.4. The summed E-state index contributed by atoms with van der Waals surface area (Å²) in [5, 5.41) is 11.8. The van der Waals surface area contributed by atoms with Crippen LogP contribution in [0.3, 0.4) is 0 Å². The van der Waals surface area contributed by atoms with Crippen LogP contribution < -0.4 is 10.2 Å². The third-order valence-corrected chi connectivity index (χ3v) is 3.82. The van der Waals surface area contributed by atoms with E-state index in [1.165, 1.54) is 12.1 Å². The van der Waals surface area contributed by atoms with E-state index >= 15 is 0 Å². The Morgan fingerprint density at radius 2 is 2.05 bits per heavy atom. The highest BCUT2D eigenvalue weighted by atomic mass is 19.1. The number of rotatable bonds is 6. The number of benzene rings is 1. The van der Waals surface area contributed by atoms with E-state index in [1.54, 1.807) is 7.05 Å². The Bertz CT molecular complexity index is 430. The minimum atomic E-state index is -0.494. The molecule has 1 fully saturated rings. The highest BCUT2D eigenvalue weighted by molar-refractivity contribution is 5.52. The number of nitrogens with one attached hydrogen (secondary N) is 1. The second-order valence-electron chi connectivity index (χ2n) is 5.29.